The lowest BCUT2D eigenvalue weighted by atomic mass is 10.0. The topological polar surface area (TPSA) is 59.8 Å². The second-order valence-corrected chi connectivity index (χ2v) is 8.78. The number of carbonyl (C=O) groups is 1. The number of rotatable bonds is 8. The second kappa shape index (κ2) is 10.5. The number of nitrogens with one attached hydrogen (secondary N) is 1. The number of aryl methyl sites for hydroxylation is 3. The van der Waals surface area contributed by atoms with Crippen molar-refractivity contribution < 1.29 is 4.79 Å². The molecule has 0 atom stereocenters. The number of nitrogens with zero attached hydrogens (tertiary/aromatic N) is 3. The van der Waals surface area contributed by atoms with Crippen LogP contribution in [0.25, 0.3) is 17.1 Å². The van der Waals surface area contributed by atoms with Crippen LogP contribution in [0.3, 0.4) is 0 Å². The number of hydrogen-bond acceptors (Lipinski definition) is 4. The molecule has 33 heavy (non-hydrogen) atoms. The summed E-state index contributed by atoms with van der Waals surface area (Å²) in [5.41, 5.74) is 6.36. The average molecular weight is 457 g/mol. The molecule has 0 fully saturated rings. The molecule has 1 heterocycles. The summed E-state index contributed by atoms with van der Waals surface area (Å²) in [6.45, 7) is 6.27. The van der Waals surface area contributed by atoms with Crippen LogP contribution in [0, 0.1) is 6.92 Å². The number of thioether (sulfide) groups is 1. The summed E-state index contributed by atoms with van der Waals surface area (Å²) in [6.07, 6.45) is 1.75. The van der Waals surface area contributed by atoms with E-state index in [9.17, 15) is 4.79 Å². The van der Waals surface area contributed by atoms with Gasteiger partial charge in [-0.05, 0) is 48.6 Å². The highest BCUT2D eigenvalue weighted by Gasteiger charge is 2.18. The van der Waals surface area contributed by atoms with E-state index in [4.69, 9.17) is 0 Å². The van der Waals surface area contributed by atoms with Gasteiger partial charge in [0.2, 0.25) is 5.91 Å². The van der Waals surface area contributed by atoms with Crippen molar-refractivity contribution >= 4 is 23.4 Å². The lowest BCUT2D eigenvalue weighted by Gasteiger charge is -2.14. The fourth-order valence-corrected chi connectivity index (χ4v) is 4.60. The molecule has 4 aromatic rings. The summed E-state index contributed by atoms with van der Waals surface area (Å²) in [5.74, 6) is 0.962. The van der Waals surface area contributed by atoms with Gasteiger partial charge in [-0.1, -0.05) is 86.3 Å². The Hall–Kier alpha value is -3.38. The standard InChI is InChI=1S/C27H28N4OS/c1-4-20-14-10-15-21(5-2)25(20)28-24(32)18-33-27-30-29-26(22-12-7-6-8-13-22)31(27)23-16-9-11-19(3)17-23/h6-17H,4-5,18H2,1-3H3,(H,28,32). The number of benzene rings is 3. The number of aromatic nitrogens is 3. The average Bonchev–Trinajstić information content (AvgIpc) is 3.27. The van der Waals surface area contributed by atoms with E-state index in [0.717, 1.165) is 52.3 Å². The summed E-state index contributed by atoms with van der Waals surface area (Å²) < 4.78 is 2.03. The minimum absolute atomic E-state index is 0.0457. The van der Waals surface area contributed by atoms with Gasteiger partial charge in [0, 0.05) is 16.9 Å². The van der Waals surface area contributed by atoms with Crippen LogP contribution in [-0.4, -0.2) is 26.4 Å². The molecular weight excluding hydrogens is 428 g/mol. The molecule has 6 heteroatoms. The van der Waals surface area contributed by atoms with Gasteiger partial charge in [0.15, 0.2) is 11.0 Å². The molecule has 0 aliphatic carbocycles. The number of carbonyl (C=O) groups excluding carboxylic acids is 1. The number of hydrogen-bond donors (Lipinski definition) is 1. The van der Waals surface area contributed by atoms with Gasteiger partial charge in [0.1, 0.15) is 0 Å². The first kappa shape index (κ1) is 22.8. The first-order valence-electron chi connectivity index (χ1n) is 11.2. The highest BCUT2D eigenvalue weighted by Crippen LogP contribution is 2.29. The maximum atomic E-state index is 12.9. The first-order chi connectivity index (χ1) is 16.1. The molecule has 1 N–H and O–H groups in total. The highest BCUT2D eigenvalue weighted by molar-refractivity contribution is 7.99. The van der Waals surface area contributed by atoms with Crippen LogP contribution in [-0.2, 0) is 17.6 Å². The monoisotopic (exact) mass is 456 g/mol. The zero-order valence-corrected chi connectivity index (χ0v) is 20.0. The normalized spacial score (nSPS) is 10.9. The van der Waals surface area contributed by atoms with Crippen LogP contribution < -0.4 is 5.32 Å². The minimum Gasteiger partial charge on any atom is -0.325 e. The van der Waals surface area contributed by atoms with E-state index in [-0.39, 0.29) is 11.7 Å². The number of para-hydroxylation sites is 1. The van der Waals surface area contributed by atoms with Crippen LogP contribution in [0.4, 0.5) is 5.69 Å². The predicted octanol–water partition coefficient (Wildman–Crippen LogP) is 6.10. The van der Waals surface area contributed by atoms with Crippen molar-refractivity contribution in [3.8, 4) is 17.1 Å². The number of anilines is 1. The Labute approximate surface area is 199 Å². The van der Waals surface area contributed by atoms with E-state index in [2.05, 4.69) is 66.6 Å². The summed E-state index contributed by atoms with van der Waals surface area (Å²) >= 11 is 1.39. The quantitative estimate of drug-likeness (QED) is 0.326. The molecule has 1 aromatic heterocycles. The smallest absolute Gasteiger partial charge is 0.234 e. The Kier molecular flexibility index (Phi) is 7.25. The van der Waals surface area contributed by atoms with Crippen molar-refractivity contribution in [1.29, 1.82) is 0 Å². The van der Waals surface area contributed by atoms with E-state index in [1.165, 1.54) is 11.8 Å². The van der Waals surface area contributed by atoms with Crippen LogP contribution in [0.5, 0.6) is 0 Å². The van der Waals surface area contributed by atoms with Crippen molar-refractivity contribution in [2.45, 2.75) is 38.8 Å². The van der Waals surface area contributed by atoms with Crippen molar-refractivity contribution in [3.63, 3.8) is 0 Å². The van der Waals surface area contributed by atoms with Crippen LogP contribution in [0.15, 0.2) is 78.0 Å². The third kappa shape index (κ3) is 5.17. The molecule has 0 spiro atoms. The van der Waals surface area contributed by atoms with Crippen LogP contribution >= 0.6 is 11.8 Å². The molecule has 0 unspecified atom stereocenters. The summed E-state index contributed by atoms with van der Waals surface area (Å²) in [4.78, 5) is 12.9. The van der Waals surface area contributed by atoms with E-state index in [0.29, 0.717) is 5.16 Å². The molecule has 0 aliphatic heterocycles. The molecule has 0 bridgehead atoms. The summed E-state index contributed by atoms with van der Waals surface area (Å²) in [5, 5.41) is 12.7. The van der Waals surface area contributed by atoms with Gasteiger partial charge in [-0.2, -0.15) is 0 Å². The fourth-order valence-electron chi connectivity index (χ4n) is 3.85. The largest absolute Gasteiger partial charge is 0.325 e. The van der Waals surface area contributed by atoms with E-state index in [1.807, 2.05) is 47.0 Å². The molecule has 5 nitrogen and oxygen atoms in total. The Morgan fingerprint density at radius 1 is 0.909 bits per heavy atom. The van der Waals surface area contributed by atoms with Crippen molar-refractivity contribution in [3.05, 3.63) is 89.5 Å². The molecule has 0 radical (unpaired) electrons. The lowest BCUT2D eigenvalue weighted by molar-refractivity contribution is -0.113. The Bertz CT molecular complexity index is 1230. The second-order valence-electron chi connectivity index (χ2n) is 7.84. The summed E-state index contributed by atoms with van der Waals surface area (Å²) in [7, 11) is 0. The van der Waals surface area contributed by atoms with Gasteiger partial charge in [-0.15, -0.1) is 10.2 Å². The molecule has 1 amide bonds. The molecule has 0 saturated heterocycles. The van der Waals surface area contributed by atoms with Gasteiger partial charge in [-0.3, -0.25) is 9.36 Å². The molecular formula is C27H28N4OS. The van der Waals surface area contributed by atoms with E-state index in [1.54, 1.807) is 0 Å². The van der Waals surface area contributed by atoms with E-state index < -0.39 is 0 Å². The van der Waals surface area contributed by atoms with Crippen molar-refractivity contribution in [1.82, 2.24) is 14.8 Å². The Morgan fingerprint density at radius 3 is 2.27 bits per heavy atom. The first-order valence-corrected chi connectivity index (χ1v) is 12.2. The van der Waals surface area contributed by atoms with Crippen LogP contribution in [0.2, 0.25) is 0 Å². The SMILES string of the molecule is CCc1cccc(CC)c1NC(=O)CSc1nnc(-c2ccccc2)n1-c1cccc(C)c1. The van der Waals surface area contributed by atoms with Gasteiger partial charge >= 0.3 is 0 Å². The molecule has 0 aliphatic rings. The zero-order valence-electron chi connectivity index (χ0n) is 19.2. The molecule has 4 rings (SSSR count). The van der Waals surface area contributed by atoms with Crippen molar-refractivity contribution in [2.75, 3.05) is 11.1 Å². The Morgan fingerprint density at radius 2 is 1.61 bits per heavy atom. The molecule has 3 aromatic carbocycles. The molecule has 168 valence electrons. The van der Waals surface area contributed by atoms with Gasteiger partial charge < -0.3 is 5.32 Å². The van der Waals surface area contributed by atoms with Gasteiger partial charge in [0.25, 0.3) is 0 Å². The molecule has 0 saturated carbocycles. The maximum absolute atomic E-state index is 12.9. The van der Waals surface area contributed by atoms with E-state index >= 15 is 0 Å². The Balaban J connectivity index is 1.60. The zero-order chi connectivity index (χ0) is 23.2. The van der Waals surface area contributed by atoms with Crippen molar-refractivity contribution in [2.24, 2.45) is 0 Å². The summed E-state index contributed by atoms with van der Waals surface area (Å²) in [6, 6.07) is 24.4. The third-order valence-corrected chi connectivity index (χ3v) is 6.45. The highest BCUT2D eigenvalue weighted by atomic mass is 32.2. The van der Waals surface area contributed by atoms with Gasteiger partial charge in [0.05, 0.1) is 5.75 Å². The minimum atomic E-state index is -0.0457. The lowest BCUT2D eigenvalue weighted by Crippen LogP contribution is -2.17. The predicted molar refractivity (Wildman–Crippen MR) is 136 cm³/mol. The van der Waals surface area contributed by atoms with Gasteiger partial charge in [-0.25, -0.2) is 0 Å². The fraction of sp³-hybridized carbons (Fsp3) is 0.222. The maximum Gasteiger partial charge on any atom is 0.234 e. The third-order valence-electron chi connectivity index (χ3n) is 5.52. The number of amides is 1. The van der Waals surface area contributed by atoms with Crippen LogP contribution in [0.1, 0.15) is 30.5 Å².